The van der Waals surface area contributed by atoms with E-state index < -0.39 is 23.8 Å². The molecule has 0 radical (unpaired) electrons. The number of halogens is 5. The van der Waals surface area contributed by atoms with Crippen molar-refractivity contribution < 1.29 is 36.6 Å². The number of carboxylic acids is 1. The predicted molar refractivity (Wildman–Crippen MR) is 143 cm³/mol. The second kappa shape index (κ2) is 12.2. The van der Waals surface area contributed by atoms with Gasteiger partial charge in [-0.2, -0.15) is 34.5 Å². The normalized spacial score (nSPS) is 13.8. The molecule has 0 saturated carbocycles. The van der Waals surface area contributed by atoms with Crippen molar-refractivity contribution >= 4 is 51.3 Å². The number of fused-ring (bicyclic) bond motifs is 2. The van der Waals surface area contributed by atoms with Crippen LogP contribution in [0, 0.1) is 11.6 Å². The van der Waals surface area contributed by atoms with E-state index in [2.05, 4.69) is 42.0 Å². The Labute approximate surface area is 238 Å². The van der Waals surface area contributed by atoms with Crippen molar-refractivity contribution in [3.05, 3.63) is 58.3 Å². The number of thiophene rings is 1. The first-order chi connectivity index (χ1) is 20.1. The highest BCUT2D eigenvalue weighted by molar-refractivity contribution is 7.07. The number of aryl methyl sites for hydroxylation is 2. The van der Waals surface area contributed by atoms with Crippen LogP contribution in [0.25, 0.3) is 22.2 Å². The molecule has 1 fully saturated rings. The molecule has 5 aromatic rings. The highest BCUT2D eigenvalue weighted by atomic mass is 32.1. The summed E-state index contributed by atoms with van der Waals surface area (Å²) in [7, 11) is 0. The van der Waals surface area contributed by atoms with Crippen LogP contribution >= 0.6 is 11.3 Å². The predicted octanol–water partition coefficient (Wildman–Crippen LogP) is 4.37. The van der Waals surface area contributed by atoms with Gasteiger partial charge in [0.05, 0.1) is 31.6 Å². The molecule has 11 nitrogen and oxygen atoms in total. The number of alkyl halides is 3. The van der Waals surface area contributed by atoms with Crippen LogP contribution in [0.15, 0.2) is 35.3 Å². The Morgan fingerprint density at radius 1 is 1.12 bits per heavy atom. The molecule has 1 aliphatic rings. The molecule has 222 valence electrons. The molecular weight excluding hydrogens is 587 g/mol. The quantitative estimate of drug-likeness (QED) is 0.230. The van der Waals surface area contributed by atoms with Gasteiger partial charge < -0.3 is 29.6 Å². The number of aromatic nitrogens is 6. The molecule has 0 spiro atoms. The summed E-state index contributed by atoms with van der Waals surface area (Å²) in [6.45, 7) is 3.59. The topological polar surface area (TPSA) is 134 Å². The second-order valence-electron chi connectivity index (χ2n) is 9.06. The minimum atomic E-state index is -5.08. The first kappa shape index (κ1) is 29.1. The van der Waals surface area contributed by atoms with Gasteiger partial charge in [0.2, 0.25) is 5.95 Å². The summed E-state index contributed by atoms with van der Waals surface area (Å²) in [5.74, 6) is -3.04. The van der Waals surface area contributed by atoms with Gasteiger partial charge in [0, 0.05) is 19.6 Å². The minimum absolute atomic E-state index is 0.0265. The number of aliphatic carboxylic acids is 1. The van der Waals surface area contributed by atoms with Crippen LogP contribution in [0.4, 0.5) is 33.7 Å². The molecule has 0 amide bonds. The maximum atomic E-state index is 14.1. The van der Waals surface area contributed by atoms with Gasteiger partial charge in [-0.15, -0.1) is 0 Å². The van der Waals surface area contributed by atoms with E-state index in [1.807, 2.05) is 4.57 Å². The Morgan fingerprint density at radius 2 is 1.88 bits per heavy atom. The lowest BCUT2D eigenvalue weighted by Crippen LogP contribution is -2.37. The van der Waals surface area contributed by atoms with Crippen LogP contribution < -0.4 is 10.2 Å². The third-order valence-electron chi connectivity index (χ3n) is 6.23. The third kappa shape index (κ3) is 6.57. The molecule has 42 heavy (non-hydrogen) atoms. The fraction of sp³-hybridized carbons (Fsp3) is 0.320. The van der Waals surface area contributed by atoms with Crippen LogP contribution in [0.5, 0.6) is 0 Å². The molecule has 3 N–H and O–H groups in total. The number of rotatable bonds is 7. The maximum Gasteiger partial charge on any atom is 0.490 e. The van der Waals surface area contributed by atoms with E-state index in [1.165, 1.54) is 11.6 Å². The number of anilines is 2. The molecule has 4 aromatic heterocycles. The molecule has 0 bridgehead atoms. The zero-order valence-corrected chi connectivity index (χ0v) is 22.5. The van der Waals surface area contributed by atoms with Crippen LogP contribution in [0.1, 0.15) is 11.4 Å². The molecule has 1 saturated heterocycles. The summed E-state index contributed by atoms with van der Waals surface area (Å²) in [4.78, 5) is 32.4. The molecule has 6 rings (SSSR count). The standard InChI is InChI=1S/C23H22F2N8OS.C2HF3O2/c24-15-1-2-16-19(18(15)25)29-17(28-16)11-26-21-20-22(31-23(30-21)32-6-8-34-9-7-32)33(13-27-20)5-3-14-4-10-35-12-14;3-2(4,5)1(6)7/h1-2,4,10,12-13H,3,5-9,11H2,(H,28,29)(H,26,30,31);(H,6,7). The van der Waals surface area contributed by atoms with Crippen LogP contribution in [0.2, 0.25) is 0 Å². The van der Waals surface area contributed by atoms with Gasteiger partial charge >= 0.3 is 12.1 Å². The van der Waals surface area contributed by atoms with Crippen molar-refractivity contribution in [1.82, 2.24) is 29.5 Å². The van der Waals surface area contributed by atoms with Gasteiger partial charge in [-0.05, 0) is 40.9 Å². The van der Waals surface area contributed by atoms with Crippen LogP contribution in [0.3, 0.4) is 0 Å². The van der Waals surface area contributed by atoms with Crippen LogP contribution in [-0.2, 0) is 29.0 Å². The Morgan fingerprint density at radius 3 is 2.57 bits per heavy atom. The lowest BCUT2D eigenvalue weighted by molar-refractivity contribution is -0.192. The summed E-state index contributed by atoms with van der Waals surface area (Å²) < 4.78 is 66.9. The van der Waals surface area contributed by atoms with Crippen molar-refractivity contribution in [2.75, 3.05) is 36.5 Å². The number of benzene rings is 1. The van der Waals surface area contributed by atoms with E-state index in [9.17, 15) is 22.0 Å². The average molecular weight is 611 g/mol. The Balaban J connectivity index is 0.000000451. The van der Waals surface area contributed by atoms with Crippen molar-refractivity contribution in [2.45, 2.75) is 25.7 Å². The van der Waals surface area contributed by atoms with E-state index in [1.54, 1.807) is 17.7 Å². The number of morpholine rings is 1. The fourth-order valence-corrected chi connectivity index (χ4v) is 4.83. The van der Waals surface area contributed by atoms with Crippen molar-refractivity contribution in [3.8, 4) is 0 Å². The lowest BCUT2D eigenvalue weighted by Gasteiger charge is -2.27. The Hall–Kier alpha value is -4.38. The highest BCUT2D eigenvalue weighted by Crippen LogP contribution is 2.25. The zero-order valence-electron chi connectivity index (χ0n) is 21.7. The molecule has 0 aliphatic carbocycles. The smallest absolute Gasteiger partial charge is 0.475 e. The number of aromatic amines is 1. The molecule has 0 unspecified atom stereocenters. The summed E-state index contributed by atoms with van der Waals surface area (Å²) in [6.07, 6.45) is -2.44. The van der Waals surface area contributed by atoms with Gasteiger partial charge in [-0.1, -0.05) is 0 Å². The summed E-state index contributed by atoms with van der Waals surface area (Å²) in [5, 5.41) is 14.6. The molecule has 1 aliphatic heterocycles. The SMILES string of the molecule is Fc1ccc2[nH]c(CNc3nc(N4CCOCC4)nc4c3ncn4CCc3ccsc3)nc2c1F.O=C(O)C(F)(F)F. The number of H-pyrrole nitrogens is 1. The van der Waals surface area contributed by atoms with Gasteiger partial charge in [-0.25, -0.2) is 23.5 Å². The van der Waals surface area contributed by atoms with E-state index in [0.29, 0.717) is 54.9 Å². The summed E-state index contributed by atoms with van der Waals surface area (Å²) in [5.41, 5.74) is 3.05. The number of nitrogens with one attached hydrogen (secondary N) is 2. The highest BCUT2D eigenvalue weighted by Gasteiger charge is 2.38. The number of ether oxygens (including phenoxy) is 1. The molecule has 17 heteroatoms. The zero-order chi connectivity index (χ0) is 29.9. The molecular formula is C25H23F5N8O3S. The van der Waals surface area contributed by atoms with Gasteiger partial charge in [0.25, 0.3) is 0 Å². The minimum Gasteiger partial charge on any atom is -0.475 e. The first-order valence-corrected chi connectivity index (χ1v) is 13.5. The van der Waals surface area contributed by atoms with E-state index in [4.69, 9.17) is 24.6 Å². The molecule has 5 heterocycles. The van der Waals surface area contributed by atoms with Crippen LogP contribution in [-0.4, -0.2) is 73.0 Å². The summed E-state index contributed by atoms with van der Waals surface area (Å²) in [6, 6.07) is 4.67. The Bertz CT molecular complexity index is 1680. The number of carboxylic acid groups (broad SMARTS) is 1. The number of hydrogen-bond acceptors (Lipinski definition) is 9. The van der Waals surface area contributed by atoms with E-state index >= 15 is 0 Å². The van der Waals surface area contributed by atoms with Crippen molar-refractivity contribution in [1.29, 1.82) is 0 Å². The lowest BCUT2D eigenvalue weighted by atomic mass is 10.2. The fourth-order valence-electron chi connectivity index (χ4n) is 4.13. The van der Waals surface area contributed by atoms with Crippen molar-refractivity contribution in [2.24, 2.45) is 0 Å². The largest absolute Gasteiger partial charge is 0.490 e. The summed E-state index contributed by atoms with van der Waals surface area (Å²) >= 11 is 1.68. The molecule has 1 aromatic carbocycles. The van der Waals surface area contributed by atoms with Gasteiger partial charge in [0.15, 0.2) is 28.6 Å². The number of imidazole rings is 2. The monoisotopic (exact) mass is 610 g/mol. The number of carbonyl (C=O) groups is 1. The first-order valence-electron chi connectivity index (χ1n) is 12.5. The number of hydrogen-bond donors (Lipinski definition) is 3. The van der Waals surface area contributed by atoms with Gasteiger partial charge in [0.1, 0.15) is 11.3 Å². The van der Waals surface area contributed by atoms with E-state index in [0.717, 1.165) is 24.7 Å². The van der Waals surface area contributed by atoms with Gasteiger partial charge in [-0.3, -0.25) is 0 Å². The second-order valence-corrected chi connectivity index (χ2v) is 9.84. The van der Waals surface area contributed by atoms with E-state index in [-0.39, 0.29) is 12.1 Å². The maximum absolute atomic E-state index is 14.1. The third-order valence-corrected chi connectivity index (χ3v) is 6.96. The number of nitrogens with zero attached hydrogens (tertiary/aromatic N) is 6. The Kier molecular flexibility index (Phi) is 8.49. The average Bonchev–Trinajstić information content (AvgIpc) is 3.73. The van der Waals surface area contributed by atoms with Crippen molar-refractivity contribution in [3.63, 3.8) is 0 Å². The molecule has 0 atom stereocenters.